The third kappa shape index (κ3) is 5.61. The monoisotopic (exact) mass is 308 g/mol. The number of aliphatic carboxylic acids is 1. The lowest BCUT2D eigenvalue weighted by Gasteiger charge is -2.32. The third-order valence-electron chi connectivity index (χ3n) is 3.78. The molecule has 2 heterocycles. The van der Waals surface area contributed by atoms with Crippen LogP contribution in [0.15, 0.2) is 18.2 Å². The second kappa shape index (κ2) is 7.73. The van der Waals surface area contributed by atoms with Crippen molar-refractivity contribution < 1.29 is 9.90 Å². The highest BCUT2D eigenvalue weighted by Gasteiger charge is 2.19. The summed E-state index contributed by atoms with van der Waals surface area (Å²) < 4.78 is 0. The number of rotatable bonds is 6. The molecule has 1 aliphatic rings. The van der Waals surface area contributed by atoms with E-state index in [9.17, 15) is 4.79 Å². The predicted molar refractivity (Wildman–Crippen MR) is 87.5 cm³/mol. The first kappa shape index (κ1) is 16.2. The highest BCUT2D eigenvalue weighted by Crippen LogP contribution is 2.23. The Morgan fingerprint density at radius 1 is 1.43 bits per heavy atom. The number of piperidine rings is 1. The molecule has 1 fully saturated rings. The Labute approximate surface area is 130 Å². The molecule has 0 aromatic carbocycles. The van der Waals surface area contributed by atoms with Gasteiger partial charge in [-0.3, -0.25) is 4.90 Å². The maximum Gasteiger partial charge on any atom is 0.328 e. The van der Waals surface area contributed by atoms with Gasteiger partial charge in [-0.1, -0.05) is 0 Å². The van der Waals surface area contributed by atoms with Gasteiger partial charge in [0.1, 0.15) is 0 Å². The number of thiophene rings is 1. The van der Waals surface area contributed by atoms with E-state index in [0.717, 1.165) is 30.4 Å². The number of carbonyl (C=O) groups is 1. The molecule has 0 bridgehead atoms. The van der Waals surface area contributed by atoms with E-state index in [1.165, 1.54) is 30.3 Å². The van der Waals surface area contributed by atoms with Crippen molar-refractivity contribution in [1.82, 2.24) is 9.80 Å². The minimum atomic E-state index is -0.895. The molecule has 21 heavy (non-hydrogen) atoms. The van der Waals surface area contributed by atoms with E-state index in [1.807, 2.05) is 6.07 Å². The van der Waals surface area contributed by atoms with Crippen LogP contribution in [0.1, 0.15) is 22.6 Å². The highest BCUT2D eigenvalue weighted by atomic mass is 32.1. The number of carboxylic acid groups (broad SMARTS) is 1. The zero-order valence-electron chi connectivity index (χ0n) is 12.8. The molecule has 0 radical (unpaired) electrons. The van der Waals surface area contributed by atoms with Crippen LogP contribution in [-0.2, 0) is 11.3 Å². The summed E-state index contributed by atoms with van der Waals surface area (Å²) in [6.45, 7) is 4.50. The largest absolute Gasteiger partial charge is 0.478 e. The van der Waals surface area contributed by atoms with Gasteiger partial charge in [0.15, 0.2) is 0 Å². The lowest BCUT2D eigenvalue weighted by atomic mass is 9.96. The van der Waals surface area contributed by atoms with Gasteiger partial charge in [0.05, 0.1) is 0 Å². The molecule has 4 nitrogen and oxygen atoms in total. The maximum atomic E-state index is 10.5. The standard InChI is InChI=1S/C16H24N2O2S/c1-17(2)11-13-7-9-18(10-8-13)12-15-4-3-14(21-15)5-6-16(19)20/h3-6,13H,7-12H2,1-2H3,(H,19,20). The van der Waals surface area contributed by atoms with E-state index in [2.05, 4.69) is 30.0 Å². The van der Waals surface area contributed by atoms with Crippen molar-refractivity contribution in [2.24, 2.45) is 5.92 Å². The summed E-state index contributed by atoms with van der Waals surface area (Å²) in [6, 6.07) is 4.11. The van der Waals surface area contributed by atoms with Crippen LogP contribution in [0.4, 0.5) is 0 Å². The van der Waals surface area contributed by atoms with Crippen LogP contribution < -0.4 is 0 Å². The van der Waals surface area contributed by atoms with Gasteiger partial charge in [-0.15, -0.1) is 11.3 Å². The Bertz CT molecular complexity index is 488. The second-order valence-electron chi connectivity index (χ2n) is 5.96. The van der Waals surface area contributed by atoms with E-state index >= 15 is 0 Å². The van der Waals surface area contributed by atoms with E-state index in [0.29, 0.717) is 0 Å². The molecule has 0 amide bonds. The van der Waals surface area contributed by atoms with Crippen LogP contribution in [0.5, 0.6) is 0 Å². The molecule has 2 rings (SSSR count). The fourth-order valence-corrected chi connectivity index (χ4v) is 3.74. The van der Waals surface area contributed by atoms with Crippen LogP contribution >= 0.6 is 11.3 Å². The van der Waals surface area contributed by atoms with Crippen molar-refractivity contribution in [3.05, 3.63) is 28.0 Å². The summed E-state index contributed by atoms with van der Waals surface area (Å²) in [7, 11) is 4.29. The summed E-state index contributed by atoms with van der Waals surface area (Å²) in [4.78, 5) is 17.6. The molecule has 1 saturated heterocycles. The summed E-state index contributed by atoms with van der Waals surface area (Å²) >= 11 is 1.68. The SMILES string of the molecule is CN(C)CC1CCN(Cc2ccc(C=CC(=O)O)s2)CC1. The molecule has 0 spiro atoms. The molecular formula is C16H24N2O2S. The van der Waals surface area contributed by atoms with E-state index in [4.69, 9.17) is 5.11 Å². The molecule has 1 aromatic rings. The van der Waals surface area contributed by atoms with Crippen LogP contribution in [0.25, 0.3) is 6.08 Å². The van der Waals surface area contributed by atoms with Crippen LogP contribution in [-0.4, -0.2) is 54.6 Å². The quantitative estimate of drug-likeness (QED) is 0.821. The first-order valence-electron chi connectivity index (χ1n) is 7.39. The predicted octanol–water partition coefficient (Wildman–Crippen LogP) is 2.62. The first-order chi connectivity index (χ1) is 10.0. The average molecular weight is 308 g/mol. The Morgan fingerprint density at radius 3 is 2.76 bits per heavy atom. The Hall–Kier alpha value is -1.17. The minimum Gasteiger partial charge on any atom is -0.478 e. The molecule has 0 saturated carbocycles. The van der Waals surface area contributed by atoms with Gasteiger partial charge in [0.25, 0.3) is 0 Å². The lowest BCUT2D eigenvalue weighted by Crippen LogP contribution is -2.36. The molecule has 1 aliphatic heterocycles. The fourth-order valence-electron chi connectivity index (χ4n) is 2.79. The Morgan fingerprint density at radius 2 is 2.14 bits per heavy atom. The van der Waals surface area contributed by atoms with Gasteiger partial charge in [-0.2, -0.15) is 0 Å². The lowest BCUT2D eigenvalue weighted by molar-refractivity contribution is -0.131. The topological polar surface area (TPSA) is 43.8 Å². The number of hydrogen-bond donors (Lipinski definition) is 1. The highest BCUT2D eigenvalue weighted by molar-refractivity contribution is 7.12. The number of nitrogens with zero attached hydrogens (tertiary/aromatic N) is 2. The minimum absolute atomic E-state index is 0.827. The fraction of sp³-hybridized carbons (Fsp3) is 0.562. The molecule has 0 unspecified atom stereocenters. The van der Waals surface area contributed by atoms with Crippen LogP contribution in [0, 0.1) is 5.92 Å². The zero-order valence-corrected chi connectivity index (χ0v) is 13.6. The maximum absolute atomic E-state index is 10.5. The Balaban J connectivity index is 1.80. The number of carboxylic acids is 1. The van der Waals surface area contributed by atoms with Crippen molar-refractivity contribution in [2.45, 2.75) is 19.4 Å². The van der Waals surface area contributed by atoms with Gasteiger partial charge in [-0.05, 0) is 64.2 Å². The molecule has 1 aromatic heterocycles. The molecular weight excluding hydrogens is 284 g/mol. The molecule has 5 heteroatoms. The summed E-state index contributed by atoms with van der Waals surface area (Å²) in [5, 5.41) is 8.64. The molecule has 0 aliphatic carbocycles. The first-order valence-corrected chi connectivity index (χ1v) is 8.21. The van der Waals surface area contributed by atoms with Crippen LogP contribution in [0.2, 0.25) is 0 Å². The van der Waals surface area contributed by atoms with E-state index in [-0.39, 0.29) is 0 Å². The summed E-state index contributed by atoms with van der Waals surface area (Å²) in [5.74, 6) is -0.0680. The van der Waals surface area contributed by atoms with Gasteiger partial charge in [0.2, 0.25) is 0 Å². The Kier molecular flexibility index (Phi) is 5.96. The smallest absolute Gasteiger partial charge is 0.328 e. The van der Waals surface area contributed by atoms with Gasteiger partial charge in [-0.25, -0.2) is 4.79 Å². The van der Waals surface area contributed by atoms with E-state index < -0.39 is 5.97 Å². The molecule has 0 atom stereocenters. The van der Waals surface area contributed by atoms with Crippen molar-refractivity contribution in [3.63, 3.8) is 0 Å². The summed E-state index contributed by atoms with van der Waals surface area (Å²) in [6.07, 6.45) is 5.41. The molecule has 1 N–H and O–H groups in total. The average Bonchev–Trinajstić information content (AvgIpc) is 2.86. The van der Waals surface area contributed by atoms with Crippen molar-refractivity contribution in [1.29, 1.82) is 0 Å². The molecule has 116 valence electrons. The van der Waals surface area contributed by atoms with Crippen molar-refractivity contribution in [3.8, 4) is 0 Å². The number of hydrogen-bond acceptors (Lipinski definition) is 4. The van der Waals surface area contributed by atoms with Crippen LogP contribution in [0.3, 0.4) is 0 Å². The number of likely N-dealkylation sites (tertiary alicyclic amines) is 1. The zero-order chi connectivity index (χ0) is 15.2. The van der Waals surface area contributed by atoms with Crippen molar-refractivity contribution in [2.75, 3.05) is 33.7 Å². The van der Waals surface area contributed by atoms with E-state index in [1.54, 1.807) is 17.4 Å². The third-order valence-corrected chi connectivity index (χ3v) is 4.82. The van der Waals surface area contributed by atoms with Gasteiger partial charge in [0, 0.05) is 28.9 Å². The van der Waals surface area contributed by atoms with Gasteiger partial charge < -0.3 is 10.0 Å². The normalized spacial score (nSPS) is 17.9. The summed E-state index contributed by atoms with van der Waals surface area (Å²) in [5.41, 5.74) is 0. The van der Waals surface area contributed by atoms with Crippen molar-refractivity contribution >= 4 is 23.4 Å². The van der Waals surface area contributed by atoms with Gasteiger partial charge >= 0.3 is 5.97 Å². The second-order valence-corrected chi connectivity index (χ2v) is 7.16.